The van der Waals surface area contributed by atoms with Gasteiger partial charge in [0, 0.05) is 6.04 Å². The summed E-state index contributed by atoms with van der Waals surface area (Å²) in [6, 6.07) is 0.630. The quantitative estimate of drug-likeness (QED) is 0.888. The molecule has 2 heterocycles. The van der Waals surface area contributed by atoms with E-state index in [0.717, 1.165) is 5.69 Å². The molecule has 2 N–H and O–H groups in total. The second-order valence-corrected chi connectivity index (χ2v) is 5.20. The molecule has 0 bridgehead atoms. The van der Waals surface area contributed by atoms with E-state index in [0.29, 0.717) is 24.3 Å². The van der Waals surface area contributed by atoms with Crippen molar-refractivity contribution in [2.24, 2.45) is 0 Å². The summed E-state index contributed by atoms with van der Waals surface area (Å²) >= 11 is 0. The first-order valence-corrected chi connectivity index (χ1v) is 6.36. The Labute approximate surface area is 106 Å². The Balaban J connectivity index is 1.90. The van der Waals surface area contributed by atoms with Crippen molar-refractivity contribution in [3.05, 3.63) is 23.9 Å². The van der Waals surface area contributed by atoms with Gasteiger partial charge in [-0.1, -0.05) is 19.1 Å². The maximum atomic E-state index is 5.86. The lowest BCUT2D eigenvalue weighted by Crippen LogP contribution is -2.11. The van der Waals surface area contributed by atoms with Crippen molar-refractivity contribution in [2.45, 2.75) is 45.2 Å². The van der Waals surface area contributed by atoms with E-state index in [1.807, 2.05) is 17.2 Å². The van der Waals surface area contributed by atoms with Crippen LogP contribution in [0.25, 0.3) is 0 Å². The highest BCUT2D eigenvalue weighted by Gasteiger charge is 2.25. The Morgan fingerprint density at radius 2 is 2.22 bits per heavy atom. The first-order chi connectivity index (χ1) is 8.66. The molecule has 0 aliphatic heterocycles. The maximum Gasteiger partial charge on any atom is 0.169 e. The Morgan fingerprint density at radius 1 is 1.44 bits per heavy atom. The molecule has 3 rings (SSSR count). The first-order valence-electron chi connectivity index (χ1n) is 6.36. The SMILES string of the molecule is CC(C)c1c(N)nnn1Cc1cncn1C1CC1. The largest absolute Gasteiger partial charge is 0.381 e. The molecule has 0 radical (unpaired) electrons. The van der Waals surface area contributed by atoms with Crippen molar-refractivity contribution in [3.8, 4) is 0 Å². The van der Waals surface area contributed by atoms with Crippen LogP contribution in [0.2, 0.25) is 0 Å². The van der Waals surface area contributed by atoms with Gasteiger partial charge >= 0.3 is 0 Å². The van der Waals surface area contributed by atoms with Gasteiger partial charge in [0.15, 0.2) is 5.82 Å². The molecule has 0 amide bonds. The van der Waals surface area contributed by atoms with Crippen LogP contribution in [-0.2, 0) is 6.54 Å². The Morgan fingerprint density at radius 3 is 2.89 bits per heavy atom. The lowest BCUT2D eigenvalue weighted by molar-refractivity contribution is 0.564. The molecule has 2 aromatic heterocycles. The number of hydrogen-bond acceptors (Lipinski definition) is 4. The molecule has 0 unspecified atom stereocenters. The molecule has 0 saturated heterocycles. The molecule has 1 fully saturated rings. The van der Waals surface area contributed by atoms with Gasteiger partial charge in [0.1, 0.15) is 0 Å². The highest BCUT2D eigenvalue weighted by atomic mass is 15.4. The van der Waals surface area contributed by atoms with Gasteiger partial charge in [-0.3, -0.25) is 0 Å². The van der Waals surface area contributed by atoms with E-state index in [-0.39, 0.29) is 0 Å². The second kappa shape index (κ2) is 4.12. The predicted molar refractivity (Wildman–Crippen MR) is 68.1 cm³/mol. The summed E-state index contributed by atoms with van der Waals surface area (Å²) in [5, 5.41) is 8.10. The minimum absolute atomic E-state index is 0.317. The number of nitrogen functional groups attached to an aromatic ring is 1. The zero-order valence-electron chi connectivity index (χ0n) is 10.7. The van der Waals surface area contributed by atoms with Crippen LogP contribution in [0.15, 0.2) is 12.5 Å². The third kappa shape index (κ3) is 1.87. The van der Waals surface area contributed by atoms with E-state index in [4.69, 9.17) is 5.73 Å². The molecule has 18 heavy (non-hydrogen) atoms. The maximum absolute atomic E-state index is 5.86. The van der Waals surface area contributed by atoms with E-state index in [2.05, 4.69) is 33.7 Å². The summed E-state index contributed by atoms with van der Waals surface area (Å²) in [5.41, 5.74) is 8.03. The first kappa shape index (κ1) is 11.3. The van der Waals surface area contributed by atoms with E-state index in [1.54, 1.807) is 0 Å². The third-order valence-electron chi connectivity index (χ3n) is 3.35. The van der Waals surface area contributed by atoms with Crippen molar-refractivity contribution < 1.29 is 0 Å². The number of imidazole rings is 1. The van der Waals surface area contributed by atoms with Crippen LogP contribution in [0.4, 0.5) is 5.82 Å². The number of nitrogens with two attached hydrogens (primary N) is 1. The highest BCUT2D eigenvalue weighted by molar-refractivity contribution is 5.35. The van der Waals surface area contributed by atoms with Gasteiger partial charge in [0.2, 0.25) is 0 Å². The monoisotopic (exact) mass is 246 g/mol. The second-order valence-electron chi connectivity index (χ2n) is 5.20. The summed E-state index contributed by atoms with van der Waals surface area (Å²) in [6.07, 6.45) is 6.31. The van der Waals surface area contributed by atoms with Crippen LogP contribution in [0.1, 0.15) is 50.0 Å². The smallest absolute Gasteiger partial charge is 0.169 e. The van der Waals surface area contributed by atoms with Crippen LogP contribution in [0.3, 0.4) is 0 Å². The third-order valence-corrected chi connectivity index (χ3v) is 3.35. The zero-order chi connectivity index (χ0) is 12.7. The number of aromatic nitrogens is 5. The molecule has 0 spiro atoms. The van der Waals surface area contributed by atoms with Gasteiger partial charge in [-0.15, -0.1) is 5.10 Å². The number of nitrogens with zero attached hydrogens (tertiary/aromatic N) is 5. The van der Waals surface area contributed by atoms with Crippen LogP contribution in [0.5, 0.6) is 0 Å². The lowest BCUT2D eigenvalue weighted by atomic mass is 10.1. The summed E-state index contributed by atoms with van der Waals surface area (Å²) in [7, 11) is 0. The predicted octanol–water partition coefficient (Wildman–Crippen LogP) is 1.56. The van der Waals surface area contributed by atoms with Crippen molar-refractivity contribution >= 4 is 5.82 Å². The summed E-state index contributed by atoms with van der Waals surface area (Å²) in [6.45, 7) is 4.89. The molecule has 6 heteroatoms. The van der Waals surface area contributed by atoms with E-state index < -0.39 is 0 Å². The van der Waals surface area contributed by atoms with E-state index in [9.17, 15) is 0 Å². The molecule has 96 valence electrons. The molecular weight excluding hydrogens is 228 g/mol. The highest BCUT2D eigenvalue weighted by Crippen LogP contribution is 2.35. The van der Waals surface area contributed by atoms with E-state index >= 15 is 0 Å². The number of rotatable bonds is 4. The number of anilines is 1. The van der Waals surface area contributed by atoms with Crippen molar-refractivity contribution in [2.75, 3.05) is 5.73 Å². The number of hydrogen-bond donors (Lipinski definition) is 1. The lowest BCUT2D eigenvalue weighted by Gasteiger charge is -2.11. The molecular formula is C12H18N6. The fraction of sp³-hybridized carbons (Fsp3) is 0.583. The van der Waals surface area contributed by atoms with Gasteiger partial charge in [-0.2, -0.15) is 0 Å². The van der Waals surface area contributed by atoms with E-state index in [1.165, 1.54) is 18.5 Å². The molecule has 0 aromatic carbocycles. The fourth-order valence-corrected chi connectivity index (χ4v) is 2.33. The fourth-order valence-electron chi connectivity index (χ4n) is 2.33. The average molecular weight is 246 g/mol. The molecule has 0 atom stereocenters. The minimum Gasteiger partial charge on any atom is -0.381 e. The Kier molecular flexibility index (Phi) is 2.57. The minimum atomic E-state index is 0.317. The zero-order valence-corrected chi connectivity index (χ0v) is 10.7. The van der Waals surface area contributed by atoms with Crippen molar-refractivity contribution in [3.63, 3.8) is 0 Å². The Bertz CT molecular complexity index is 549. The summed E-state index contributed by atoms with van der Waals surface area (Å²) in [5.74, 6) is 0.847. The van der Waals surface area contributed by atoms with Crippen LogP contribution in [-0.4, -0.2) is 24.5 Å². The normalized spacial score (nSPS) is 15.5. The van der Waals surface area contributed by atoms with Crippen molar-refractivity contribution in [1.29, 1.82) is 0 Å². The van der Waals surface area contributed by atoms with Crippen LogP contribution >= 0.6 is 0 Å². The molecule has 2 aromatic rings. The molecule has 6 nitrogen and oxygen atoms in total. The molecule has 1 saturated carbocycles. The van der Waals surface area contributed by atoms with Gasteiger partial charge in [-0.05, 0) is 18.8 Å². The Hall–Kier alpha value is -1.85. The van der Waals surface area contributed by atoms with Gasteiger partial charge in [-0.25, -0.2) is 9.67 Å². The molecule has 1 aliphatic carbocycles. The van der Waals surface area contributed by atoms with Gasteiger partial charge in [0.25, 0.3) is 0 Å². The summed E-state index contributed by atoms with van der Waals surface area (Å²) in [4.78, 5) is 4.23. The topological polar surface area (TPSA) is 74.6 Å². The van der Waals surface area contributed by atoms with Crippen molar-refractivity contribution in [1.82, 2.24) is 24.5 Å². The van der Waals surface area contributed by atoms with Gasteiger partial charge in [0.05, 0.1) is 30.5 Å². The van der Waals surface area contributed by atoms with Crippen LogP contribution in [0, 0.1) is 0 Å². The standard InChI is InChI=1S/C12H18N6/c1-8(2)11-12(13)15-16-18(11)6-10-5-14-7-17(10)9-3-4-9/h5,7-9H,3-4,6,13H2,1-2H3. The van der Waals surface area contributed by atoms with Gasteiger partial charge < -0.3 is 10.3 Å². The summed E-state index contributed by atoms with van der Waals surface area (Å²) < 4.78 is 4.12. The van der Waals surface area contributed by atoms with Crippen LogP contribution < -0.4 is 5.73 Å². The average Bonchev–Trinajstić information content (AvgIpc) is 2.95. The molecule has 1 aliphatic rings.